The van der Waals surface area contributed by atoms with Gasteiger partial charge in [0.25, 0.3) is 11.8 Å². The number of imide groups is 1. The van der Waals surface area contributed by atoms with E-state index in [9.17, 15) is 27.6 Å². The zero-order chi connectivity index (χ0) is 23.1. The summed E-state index contributed by atoms with van der Waals surface area (Å²) >= 11 is 0. The highest BCUT2D eigenvalue weighted by Gasteiger charge is 2.51. The van der Waals surface area contributed by atoms with E-state index in [2.05, 4.69) is 16.0 Å². The summed E-state index contributed by atoms with van der Waals surface area (Å²) in [5, 5.41) is 8.82. The summed E-state index contributed by atoms with van der Waals surface area (Å²) in [6.07, 6.45) is 5.91. The number of hydrogen-bond acceptors (Lipinski definition) is 8. The Hall–Kier alpha value is -2.21. The number of carbonyl (C=O) groups excluding carboxylic acids is 4. The first kappa shape index (κ1) is 24.4. The Balaban J connectivity index is 1.15. The van der Waals surface area contributed by atoms with Crippen molar-refractivity contribution in [1.29, 1.82) is 0 Å². The van der Waals surface area contributed by atoms with Gasteiger partial charge in [-0.1, -0.05) is 19.3 Å². The van der Waals surface area contributed by atoms with Crippen molar-refractivity contribution in [2.45, 2.75) is 81.5 Å². The third-order valence-corrected chi connectivity index (χ3v) is 8.37. The number of fused-ring (bicyclic) bond motifs is 1. The van der Waals surface area contributed by atoms with E-state index in [-0.39, 0.29) is 43.1 Å². The number of unbranched alkanes of at least 4 members (excludes halogenated alkanes) is 4. The van der Waals surface area contributed by atoms with E-state index in [0.717, 1.165) is 45.2 Å². The van der Waals surface area contributed by atoms with Gasteiger partial charge in [0.2, 0.25) is 0 Å². The minimum absolute atomic E-state index is 0.0227. The van der Waals surface area contributed by atoms with Crippen molar-refractivity contribution in [3.05, 3.63) is 0 Å². The molecule has 180 valence electrons. The van der Waals surface area contributed by atoms with Gasteiger partial charge in [0.05, 0.1) is 23.1 Å². The Morgan fingerprint density at radius 3 is 2.31 bits per heavy atom. The predicted octanol–water partition coefficient (Wildman–Crippen LogP) is 0.151. The first-order valence-electron chi connectivity index (χ1n) is 11.3. The van der Waals surface area contributed by atoms with Crippen LogP contribution in [0.15, 0.2) is 0 Å². The molecule has 3 atom stereocenters. The van der Waals surface area contributed by atoms with E-state index in [4.69, 9.17) is 4.84 Å². The largest absolute Gasteiger partial charge is 0.333 e. The van der Waals surface area contributed by atoms with Crippen LogP contribution < -0.4 is 16.0 Å². The standard InChI is InChI=1S/C20H32N4O7S/c25-16-9-10-17(26)24(16)31-18(27)8-4-2-6-12-21-11-5-1-3-7-15-19-14(13-32(15,29)30)22-20(28)23-19/h14-15,19,21H,1-13H2,(H2,22,23,28)/t14-,15-,19-/m0/s1. The third-order valence-electron chi connectivity index (χ3n) is 6.10. The average molecular weight is 473 g/mol. The molecule has 3 N–H and O–H groups in total. The number of rotatable bonds is 13. The Morgan fingerprint density at radius 1 is 0.969 bits per heavy atom. The maximum absolute atomic E-state index is 12.3. The summed E-state index contributed by atoms with van der Waals surface area (Å²) in [4.78, 5) is 50.7. The monoisotopic (exact) mass is 472 g/mol. The first-order valence-corrected chi connectivity index (χ1v) is 13.1. The zero-order valence-electron chi connectivity index (χ0n) is 18.1. The molecule has 0 saturated carbocycles. The van der Waals surface area contributed by atoms with Gasteiger partial charge in [0, 0.05) is 19.3 Å². The van der Waals surface area contributed by atoms with E-state index in [1.54, 1.807) is 0 Å². The van der Waals surface area contributed by atoms with Crippen LogP contribution in [0.3, 0.4) is 0 Å². The number of nitrogens with one attached hydrogen (secondary N) is 3. The summed E-state index contributed by atoms with van der Waals surface area (Å²) in [5.74, 6) is -1.48. The number of amides is 4. The van der Waals surface area contributed by atoms with Gasteiger partial charge in [-0.15, -0.1) is 5.06 Å². The van der Waals surface area contributed by atoms with Gasteiger partial charge < -0.3 is 20.8 Å². The summed E-state index contributed by atoms with van der Waals surface area (Å²) in [6.45, 7) is 1.65. The number of carbonyl (C=O) groups is 4. The topological polar surface area (TPSA) is 151 Å². The number of sulfone groups is 1. The van der Waals surface area contributed by atoms with Crippen LogP contribution in [-0.2, 0) is 29.1 Å². The molecular formula is C20H32N4O7S. The lowest BCUT2D eigenvalue weighted by atomic mass is 10.0. The Labute approximate surface area is 187 Å². The predicted molar refractivity (Wildman–Crippen MR) is 114 cm³/mol. The van der Waals surface area contributed by atoms with Crippen molar-refractivity contribution in [3.8, 4) is 0 Å². The Kier molecular flexibility index (Phi) is 8.46. The van der Waals surface area contributed by atoms with Crippen LogP contribution in [0.4, 0.5) is 4.79 Å². The molecule has 0 aromatic heterocycles. The lowest BCUT2D eigenvalue weighted by Crippen LogP contribution is -2.39. The lowest BCUT2D eigenvalue weighted by Gasteiger charge is -2.16. The van der Waals surface area contributed by atoms with Crippen LogP contribution in [0, 0.1) is 0 Å². The summed E-state index contributed by atoms with van der Waals surface area (Å²) < 4.78 is 24.5. The normalized spacial score (nSPS) is 26.2. The smallest absolute Gasteiger partial charge is 0.332 e. The minimum atomic E-state index is -3.16. The number of nitrogens with zero attached hydrogens (tertiary/aromatic N) is 1. The summed E-state index contributed by atoms with van der Waals surface area (Å²) in [6, 6.07) is -0.886. The molecule has 0 unspecified atom stereocenters. The summed E-state index contributed by atoms with van der Waals surface area (Å²) in [5.41, 5.74) is 0. The van der Waals surface area contributed by atoms with Gasteiger partial charge in [0.1, 0.15) is 0 Å². The highest BCUT2D eigenvalue weighted by molar-refractivity contribution is 7.92. The number of urea groups is 1. The van der Waals surface area contributed by atoms with E-state index in [1.165, 1.54) is 0 Å². The number of hydroxylamine groups is 2. The van der Waals surface area contributed by atoms with E-state index in [0.29, 0.717) is 17.9 Å². The highest BCUT2D eigenvalue weighted by Crippen LogP contribution is 2.28. The van der Waals surface area contributed by atoms with Gasteiger partial charge in [-0.05, 0) is 38.8 Å². The van der Waals surface area contributed by atoms with Gasteiger partial charge in [-0.3, -0.25) is 9.59 Å². The minimum Gasteiger partial charge on any atom is -0.332 e. The van der Waals surface area contributed by atoms with Gasteiger partial charge in [-0.25, -0.2) is 18.0 Å². The quantitative estimate of drug-likeness (QED) is 0.195. The molecule has 0 bridgehead atoms. The third kappa shape index (κ3) is 6.41. The second-order valence-corrected chi connectivity index (χ2v) is 10.8. The molecule has 3 fully saturated rings. The Morgan fingerprint density at radius 2 is 1.62 bits per heavy atom. The molecule has 0 aromatic carbocycles. The fraction of sp³-hybridized carbons (Fsp3) is 0.800. The number of hydrogen-bond donors (Lipinski definition) is 3. The van der Waals surface area contributed by atoms with Crippen molar-refractivity contribution >= 4 is 33.7 Å². The molecule has 3 heterocycles. The maximum atomic E-state index is 12.3. The molecule has 11 nitrogen and oxygen atoms in total. The van der Waals surface area contributed by atoms with E-state index < -0.39 is 32.9 Å². The van der Waals surface area contributed by atoms with Crippen LogP contribution in [0.1, 0.15) is 64.2 Å². The molecule has 3 saturated heterocycles. The van der Waals surface area contributed by atoms with E-state index >= 15 is 0 Å². The van der Waals surface area contributed by atoms with Crippen LogP contribution in [-0.4, -0.2) is 73.5 Å². The molecule has 0 aromatic rings. The van der Waals surface area contributed by atoms with Crippen molar-refractivity contribution in [3.63, 3.8) is 0 Å². The Bertz CT molecular complexity index is 816. The molecule has 3 aliphatic heterocycles. The summed E-state index contributed by atoms with van der Waals surface area (Å²) in [7, 11) is -3.16. The van der Waals surface area contributed by atoms with Crippen LogP contribution >= 0.6 is 0 Å². The van der Waals surface area contributed by atoms with Crippen molar-refractivity contribution < 1.29 is 32.4 Å². The maximum Gasteiger partial charge on any atom is 0.333 e. The SMILES string of the molecule is O=C1N[C@H]2[C@H](CS(=O)(=O)[C@H]2CCCCCNCCCCCC(=O)ON2C(=O)CCC2=O)N1. The zero-order valence-corrected chi connectivity index (χ0v) is 19.0. The fourth-order valence-electron chi connectivity index (χ4n) is 4.40. The fourth-order valence-corrected chi connectivity index (χ4v) is 6.67. The van der Waals surface area contributed by atoms with Gasteiger partial charge in [0.15, 0.2) is 9.84 Å². The van der Waals surface area contributed by atoms with Crippen molar-refractivity contribution in [2.24, 2.45) is 0 Å². The van der Waals surface area contributed by atoms with Crippen molar-refractivity contribution in [2.75, 3.05) is 18.8 Å². The van der Waals surface area contributed by atoms with Crippen LogP contribution in [0.5, 0.6) is 0 Å². The molecule has 0 spiro atoms. The van der Waals surface area contributed by atoms with Crippen LogP contribution in [0.25, 0.3) is 0 Å². The highest BCUT2D eigenvalue weighted by atomic mass is 32.2. The van der Waals surface area contributed by atoms with Gasteiger partial charge >= 0.3 is 12.0 Å². The second kappa shape index (κ2) is 11.1. The average Bonchev–Trinajstić information content (AvgIpc) is 3.31. The van der Waals surface area contributed by atoms with Gasteiger partial charge in [-0.2, -0.15) is 0 Å². The molecule has 0 radical (unpaired) electrons. The molecule has 0 aliphatic carbocycles. The molecule has 12 heteroatoms. The lowest BCUT2D eigenvalue weighted by molar-refractivity contribution is -0.197. The molecule has 3 rings (SSSR count). The molecule has 3 aliphatic rings. The van der Waals surface area contributed by atoms with E-state index in [1.807, 2.05) is 0 Å². The molecule has 32 heavy (non-hydrogen) atoms. The van der Waals surface area contributed by atoms with Crippen LogP contribution in [0.2, 0.25) is 0 Å². The van der Waals surface area contributed by atoms with Crippen molar-refractivity contribution in [1.82, 2.24) is 21.0 Å². The molecular weight excluding hydrogens is 440 g/mol. The second-order valence-electron chi connectivity index (χ2n) is 8.57. The first-order chi connectivity index (χ1) is 15.3. The molecule has 4 amide bonds.